The first-order valence-corrected chi connectivity index (χ1v) is 8.47. The van der Waals surface area contributed by atoms with Crippen LogP contribution in [0.5, 0.6) is 5.75 Å². The van der Waals surface area contributed by atoms with Gasteiger partial charge in [0.25, 0.3) is 0 Å². The maximum absolute atomic E-state index is 12.3. The standard InChI is InChI=1S/C19H23NO6/c1-25-16-9-6-5-8-14(16)15-12-26-19(24)13(11-18(22)23)7-3-2-4-10-17(21)20-15/h2-3,5-6,8-9,13,15H,4,7,10-12H2,1H3,(H,20,21)(H,22,23)/t13-,15-/m0/s1. The number of ether oxygens (including phenoxy) is 2. The highest BCUT2D eigenvalue weighted by atomic mass is 16.5. The van der Waals surface area contributed by atoms with E-state index >= 15 is 0 Å². The highest BCUT2D eigenvalue weighted by molar-refractivity contribution is 5.79. The summed E-state index contributed by atoms with van der Waals surface area (Å²) >= 11 is 0. The van der Waals surface area contributed by atoms with Gasteiger partial charge in [-0.15, -0.1) is 0 Å². The lowest BCUT2D eigenvalue weighted by molar-refractivity contribution is -0.153. The van der Waals surface area contributed by atoms with E-state index in [1.54, 1.807) is 36.4 Å². The number of rotatable bonds is 4. The van der Waals surface area contributed by atoms with Crippen LogP contribution in [0.3, 0.4) is 0 Å². The zero-order chi connectivity index (χ0) is 18.9. The SMILES string of the molecule is COc1ccccc1[C@@H]1COC(=O)[C@H](CC(=O)O)CC=CCCC(=O)N1. The zero-order valence-corrected chi connectivity index (χ0v) is 14.6. The minimum Gasteiger partial charge on any atom is -0.496 e. The molecule has 0 spiro atoms. The van der Waals surface area contributed by atoms with Gasteiger partial charge in [-0.25, -0.2) is 0 Å². The van der Waals surface area contributed by atoms with Crippen LogP contribution in [-0.4, -0.2) is 36.7 Å². The summed E-state index contributed by atoms with van der Waals surface area (Å²) in [6, 6.07) is 6.58. The Labute approximate surface area is 152 Å². The molecule has 2 rings (SSSR count). The van der Waals surface area contributed by atoms with E-state index in [0.29, 0.717) is 24.2 Å². The number of nitrogens with one attached hydrogen (secondary N) is 1. The second-order valence-electron chi connectivity index (χ2n) is 6.03. The Morgan fingerprint density at radius 3 is 2.81 bits per heavy atom. The molecule has 2 atom stereocenters. The molecule has 1 aromatic rings. The number of benzene rings is 1. The fourth-order valence-corrected chi connectivity index (χ4v) is 2.78. The van der Waals surface area contributed by atoms with Gasteiger partial charge in [0.15, 0.2) is 0 Å². The van der Waals surface area contributed by atoms with Gasteiger partial charge >= 0.3 is 11.9 Å². The number of para-hydroxylation sites is 1. The number of esters is 1. The monoisotopic (exact) mass is 361 g/mol. The Morgan fingerprint density at radius 2 is 2.08 bits per heavy atom. The molecule has 26 heavy (non-hydrogen) atoms. The molecule has 7 heteroatoms. The van der Waals surface area contributed by atoms with Crippen molar-refractivity contribution in [3.8, 4) is 5.75 Å². The molecule has 0 aromatic heterocycles. The molecule has 2 N–H and O–H groups in total. The fourth-order valence-electron chi connectivity index (χ4n) is 2.78. The number of carboxylic acid groups (broad SMARTS) is 1. The first-order valence-electron chi connectivity index (χ1n) is 8.47. The molecule has 1 aromatic carbocycles. The topological polar surface area (TPSA) is 102 Å². The first-order chi connectivity index (χ1) is 12.5. The van der Waals surface area contributed by atoms with Crippen LogP contribution in [0.25, 0.3) is 0 Å². The molecule has 1 heterocycles. The van der Waals surface area contributed by atoms with E-state index in [0.717, 1.165) is 0 Å². The number of amides is 1. The highest BCUT2D eigenvalue weighted by Gasteiger charge is 2.25. The summed E-state index contributed by atoms with van der Waals surface area (Å²) in [6.45, 7) is -0.0925. The predicted molar refractivity (Wildman–Crippen MR) is 93.6 cm³/mol. The minimum atomic E-state index is -1.05. The summed E-state index contributed by atoms with van der Waals surface area (Å²) in [6.07, 6.45) is 4.28. The van der Waals surface area contributed by atoms with Gasteiger partial charge in [0.05, 0.1) is 25.5 Å². The molecule has 0 fully saturated rings. The third-order valence-corrected chi connectivity index (χ3v) is 4.12. The Kier molecular flexibility index (Phi) is 7.20. The van der Waals surface area contributed by atoms with Gasteiger partial charge in [-0.05, 0) is 18.9 Å². The van der Waals surface area contributed by atoms with Gasteiger partial charge in [-0.2, -0.15) is 0 Å². The van der Waals surface area contributed by atoms with Crippen molar-refractivity contribution in [3.05, 3.63) is 42.0 Å². The number of carbonyl (C=O) groups excluding carboxylic acids is 2. The van der Waals surface area contributed by atoms with Crippen LogP contribution in [0.2, 0.25) is 0 Å². The molecular formula is C19H23NO6. The van der Waals surface area contributed by atoms with Crippen molar-refractivity contribution in [2.24, 2.45) is 5.92 Å². The maximum Gasteiger partial charge on any atom is 0.309 e. The third-order valence-electron chi connectivity index (χ3n) is 4.12. The minimum absolute atomic E-state index is 0.0925. The largest absolute Gasteiger partial charge is 0.496 e. The Morgan fingerprint density at radius 1 is 1.31 bits per heavy atom. The summed E-state index contributed by atoms with van der Waals surface area (Å²) in [5.74, 6) is -1.99. The van der Waals surface area contributed by atoms with Crippen molar-refractivity contribution < 1.29 is 29.0 Å². The number of allylic oxidation sites excluding steroid dienone is 2. The van der Waals surface area contributed by atoms with Crippen LogP contribution in [0.1, 0.15) is 37.3 Å². The van der Waals surface area contributed by atoms with Crippen molar-refractivity contribution in [1.82, 2.24) is 5.32 Å². The quantitative estimate of drug-likeness (QED) is 0.630. The van der Waals surface area contributed by atoms with E-state index in [2.05, 4.69) is 5.32 Å². The number of aliphatic carboxylic acids is 1. The van der Waals surface area contributed by atoms with Crippen molar-refractivity contribution in [1.29, 1.82) is 0 Å². The summed E-state index contributed by atoms with van der Waals surface area (Å²) in [5, 5.41) is 11.9. The van der Waals surface area contributed by atoms with Gasteiger partial charge in [0.2, 0.25) is 5.91 Å². The molecule has 0 radical (unpaired) electrons. The van der Waals surface area contributed by atoms with Crippen molar-refractivity contribution in [2.45, 2.75) is 31.7 Å². The molecule has 7 nitrogen and oxygen atoms in total. The van der Waals surface area contributed by atoms with Gasteiger partial charge in [-0.3, -0.25) is 14.4 Å². The first kappa shape index (κ1) is 19.5. The molecule has 0 saturated carbocycles. The fraction of sp³-hybridized carbons (Fsp3) is 0.421. The Hall–Kier alpha value is -2.83. The summed E-state index contributed by atoms with van der Waals surface area (Å²) in [7, 11) is 1.52. The number of methoxy groups -OCH3 is 1. The molecule has 1 aliphatic rings. The van der Waals surface area contributed by atoms with Gasteiger partial charge in [0.1, 0.15) is 12.4 Å². The maximum atomic E-state index is 12.3. The lowest BCUT2D eigenvalue weighted by Gasteiger charge is -2.23. The summed E-state index contributed by atoms with van der Waals surface area (Å²) in [4.78, 5) is 35.5. The molecule has 1 amide bonds. The lowest BCUT2D eigenvalue weighted by atomic mass is 10.0. The van der Waals surface area contributed by atoms with Crippen LogP contribution in [0.4, 0.5) is 0 Å². The summed E-state index contributed by atoms with van der Waals surface area (Å²) < 4.78 is 10.7. The van der Waals surface area contributed by atoms with E-state index in [4.69, 9.17) is 14.6 Å². The van der Waals surface area contributed by atoms with E-state index in [9.17, 15) is 14.4 Å². The third kappa shape index (κ3) is 5.61. The number of cyclic esters (lactones) is 1. The van der Waals surface area contributed by atoms with Crippen LogP contribution in [-0.2, 0) is 19.1 Å². The van der Waals surface area contributed by atoms with Crippen LogP contribution < -0.4 is 10.1 Å². The van der Waals surface area contributed by atoms with Crippen molar-refractivity contribution in [3.63, 3.8) is 0 Å². The van der Waals surface area contributed by atoms with Crippen molar-refractivity contribution >= 4 is 17.8 Å². The van der Waals surface area contributed by atoms with E-state index < -0.39 is 23.9 Å². The Bertz CT molecular complexity index is 684. The van der Waals surface area contributed by atoms with E-state index in [1.807, 2.05) is 0 Å². The van der Waals surface area contributed by atoms with Gasteiger partial charge in [0, 0.05) is 12.0 Å². The highest BCUT2D eigenvalue weighted by Crippen LogP contribution is 2.26. The molecule has 1 aliphatic heterocycles. The molecule has 0 saturated heterocycles. The Balaban J connectivity index is 2.23. The molecule has 0 bridgehead atoms. The second-order valence-corrected chi connectivity index (χ2v) is 6.03. The van der Waals surface area contributed by atoms with E-state index in [-0.39, 0.29) is 25.4 Å². The van der Waals surface area contributed by atoms with Crippen molar-refractivity contribution in [2.75, 3.05) is 13.7 Å². The smallest absolute Gasteiger partial charge is 0.309 e. The normalized spacial score (nSPS) is 21.7. The second kappa shape index (κ2) is 9.60. The molecular weight excluding hydrogens is 338 g/mol. The average Bonchev–Trinajstić information content (AvgIpc) is 2.62. The lowest BCUT2D eigenvalue weighted by Crippen LogP contribution is -2.33. The van der Waals surface area contributed by atoms with Gasteiger partial charge in [-0.1, -0.05) is 30.4 Å². The molecule has 0 aliphatic carbocycles. The van der Waals surface area contributed by atoms with Crippen LogP contribution in [0, 0.1) is 5.92 Å². The average molecular weight is 361 g/mol. The summed E-state index contributed by atoms with van der Waals surface area (Å²) in [5.41, 5.74) is 0.693. The predicted octanol–water partition coefficient (Wildman–Crippen LogP) is 2.23. The molecule has 0 unspecified atom stereocenters. The number of carboxylic acids is 1. The van der Waals surface area contributed by atoms with Gasteiger partial charge < -0.3 is 19.9 Å². The number of hydrogen-bond acceptors (Lipinski definition) is 5. The van der Waals surface area contributed by atoms with Crippen LogP contribution >= 0.6 is 0 Å². The van der Waals surface area contributed by atoms with Crippen LogP contribution in [0.15, 0.2) is 36.4 Å². The number of carbonyl (C=O) groups is 3. The number of hydrogen-bond donors (Lipinski definition) is 2. The molecule has 140 valence electrons. The zero-order valence-electron chi connectivity index (χ0n) is 14.6. The van der Waals surface area contributed by atoms with E-state index in [1.165, 1.54) is 7.11 Å².